The molecular weight excluding hydrogens is 280 g/mol. The molecule has 0 bridgehead atoms. The predicted octanol–water partition coefficient (Wildman–Crippen LogP) is 3.32. The highest BCUT2D eigenvalue weighted by atomic mass is 16.5. The molecule has 0 radical (unpaired) electrons. The van der Waals surface area contributed by atoms with Gasteiger partial charge in [-0.1, -0.05) is 6.07 Å². The first-order valence-corrected chi connectivity index (χ1v) is 7.01. The Hall–Kier alpha value is -2.69. The van der Waals surface area contributed by atoms with Crippen LogP contribution in [0.3, 0.4) is 0 Å². The summed E-state index contributed by atoms with van der Waals surface area (Å²) in [6.45, 7) is 3.87. The number of nitrogens with one attached hydrogen (secondary N) is 1. The Morgan fingerprint density at radius 1 is 1.18 bits per heavy atom. The maximum absolute atomic E-state index is 12.4. The van der Waals surface area contributed by atoms with E-state index >= 15 is 0 Å². The minimum absolute atomic E-state index is 0.0514. The summed E-state index contributed by atoms with van der Waals surface area (Å²) < 4.78 is 10.8. The van der Waals surface area contributed by atoms with Gasteiger partial charge < -0.3 is 20.5 Å². The summed E-state index contributed by atoms with van der Waals surface area (Å²) in [5, 5.41) is 2.81. The second-order valence-electron chi connectivity index (χ2n) is 5.11. The molecule has 116 valence electrons. The third kappa shape index (κ3) is 3.91. The molecule has 0 saturated carbocycles. The molecule has 0 aliphatic carbocycles. The zero-order chi connectivity index (χ0) is 16.1. The van der Waals surface area contributed by atoms with E-state index in [1.165, 1.54) is 7.11 Å². The van der Waals surface area contributed by atoms with Crippen LogP contribution in [0.25, 0.3) is 0 Å². The Bertz CT molecular complexity index is 669. The normalized spacial score (nSPS) is 10.4. The fourth-order valence-corrected chi connectivity index (χ4v) is 1.99. The van der Waals surface area contributed by atoms with Crippen molar-refractivity contribution in [1.29, 1.82) is 0 Å². The number of carbonyl (C=O) groups excluding carboxylic acids is 1. The SMILES string of the molecule is COc1cc(N)ccc1NC(=O)c1cccc(OC(C)C)c1. The summed E-state index contributed by atoms with van der Waals surface area (Å²) >= 11 is 0. The zero-order valence-electron chi connectivity index (χ0n) is 12.9. The molecule has 2 rings (SSSR count). The van der Waals surface area contributed by atoms with Crippen LogP contribution in [0.15, 0.2) is 42.5 Å². The molecule has 2 aromatic carbocycles. The van der Waals surface area contributed by atoms with Crippen molar-refractivity contribution in [3.05, 3.63) is 48.0 Å². The lowest BCUT2D eigenvalue weighted by Gasteiger charge is -2.12. The number of carbonyl (C=O) groups is 1. The number of methoxy groups -OCH3 is 1. The molecule has 0 spiro atoms. The first kappa shape index (κ1) is 15.7. The standard InChI is InChI=1S/C17H20N2O3/c1-11(2)22-14-6-4-5-12(9-14)17(20)19-15-8-7-13(18)10-16(15)21-3/h4-11H,18H2,1-3H3,(H,19,20). The predicted molar refractivity (Wildman–Crippen MR) is 87.6 cm³/mol. The van der Waals surface area contributed by atoms with E-state index in [0.717, 1.165) is 0 Å². The Kier molecular flexibility index (Phi) is 4.88. The number of rotatable bonds is 5. The second kappa shape index (κ2) is 6.85. The van der Waals surface area contributed by atoms with E-state index in [1.807, 2.05) is 19.9 Å². The summed E-state index contributed by atoms with van der Waals surface area (Å²) in [6.07, 6.45) is 0.0514. The van der Waals surface area contributed by atoms with E-state index < -0.39 is 0 Å². The third-order valence-corrected chi connectivity index (χ3v) is 2.94. The van der Waals surface area contributed by atoms with Crippen LogP contribution in [0.5, 0.6) is 11.5 Å². The van der Waals surface area contributed by atoms with E-state index in [-0.39, 0.29) is 12.0 Å². The molecule has 0 unspecified atom stereocenters. The number of nitrogen functional groups attached to an aromatic ring is 1. The number of ether oxygens (including phenoxy) is 2. The van der Waals surface area contributed by atoms with Crippen LogP contribution in [-0.2, 0) is 0 Å². The Balaban J connectivity index is 2.19. The lowest BCUT2D eigenvalue weighted by atomic mass is 10.2. The van der Waals surface area contributed by atoms with Crippen molar-refractivity contribution in [3.8, 4) is 11.5 Å². The van der Waals surface area contributed by atoms with E-state index in [1.54, 1.807) is 36.4 Å². The minimum Gasteiger partial charge on any atom is -0.494 e. The van der Waals surface area contributed by atoms with Crippen LogP contribution in [-0.4, -0.2) is 19.1 Å². The maximum atomic E-state index is 12.4. The number of nitrogens with two attached hydrogens (primary N) is 1. The number of benzene rings is 2. The largest absolute Gasteiger partial charge is 0.494 e. The van der Waals surface area contributed by atoms with Crippen molar-refractivity contribution < 1.29 is 14.3 Å². The van der Waals surface area contributed by atoms with Crippen LogP contribution >= 0.6 is 0 Å². The van der Waals surface area contributed by atoms with Gasteiger partial charge in [-0.2, -0.15) is 0 Å². The summed E-state index contributed by atoms with van der Waals surface area (Å²) in [4.78, 5) is 12.4. The zero-order valence-corrected chi connectivity index (χ0v) is 12.9. The molecule has 0 atom stereocenters. The quantitative estimate of drug-likeness (QED) is 0.831. The molecule has 1 amide bonds. The van der Waals surface area contributed by atoms with Crippen molar-refractivity contribution in [2.45, 2.75) is 20.0 Å². The number of amides is 1. The summed E-state index contributed by atoms with van der Waals surface area (Å²) in [7, 11) is 1.53. The van der Waals surface area contributed by atoms with Crippen LogP contribution in [0.4, 0.5) is 11.4 Å². The molecule has 0 saturated heterocycles. The minimum atomic E-state index is -0.239. The van der Waals surface area contributed by atoms with Crippen molar-refractivity contribution in [1.82, 2.24) is 0 Å². The van der Waals surface area contributed by atoms with Crippen LogP contribution in [0.2, 0.25) is 0 Å². The molecule has 5 nitrogen and oxygen atoms in total. The van der Waals surface area contributed by atoms with E-state index in [2.05, 4.69) is 5.32 Å². The lowest BCUT2D eigenvalue weighted by Crippen LogP contribution is -2.13. The van der Waals surface area contributed by atoms with E-state index in [4.69, 9.17) is 15.2 Å². The highest BCUT2D eigenvalue weighted by Crippen LogP contribution is 2.27. The average molecular weight is 300 g/mol. The molecule has 0 fully saturated rings. The van der Waals surface area contributed by atoms with Crippen LogP contribution in [0.1, 0.15) is 24.2 Å². The topological polar surface area (TPSA) is 73.6 Å². The van der Waals surface area contributed by atoms with Gasteiger partial charge in [0, 0.05) is 17.3 Å². The molecule has 3 N–H and O–H groups in total. The third-order valence-electron chi connectivity index (χ3n) is 2.94. The molecule has 0 heterocycles. The Morgan fingerprint density at radius 3 is 2.64 bits per heavy atom. The molecule has 2 aromatic rings. The molecule has 0 aliphatic rings. The van der Waals surface area contributed by atoms with Gasteiger partial charge in [-0.05, 0) is 44.2 Å². The smallest absolute Gasteiger partial charge is 0.255 e. The molecule has 0 aliphatic heterocycles. The van der Waals surface area contributed by atoms with Gasteiger partial charge in [0.15, 0.2) is 0 Å². The van der Waals surface area contributed by atoms with Gasteiger partial charge in [0.1, 0.15) is 11.5 Å². The summed E-state index contributed by atoms with van der Waals surface area (Å²) in [5.74, 6) is 0.937. The fourth-order valence-electron chi connectivity index (χ4n) is 1.99. The second-order valence-corrected chi connectivity index (χ2v) is 5.11. The molecule has 22 heavy (non-hydrogen) atoms. The van der Waals surface area contributed by atoms with Crippen molar-refractivity contribution in [2.24, 2.45) is 0 Å². The molecule has 5 heteroatoms. The van der Waals surface area contributed by atoms with Gasteiger partial charge in [-0.3, -0.25) is 4.79 Å². The van der Waals surface area contributed by atoms with Gasteiger partial charge in [0.2, 0.25) is 0 Å². The first-order chi connectivity index (χ1) is 10.5. The van der Waals surface area contributed by atoms with E-state index in [9.17, 15) is 4.79 Å². The Morgan fingerprint density at radius 2 is 1.95 bits per heavy atom. The van der Waals surface area contributed by atoms with Crippen LogP contribution in [0, 0.1) is 0 Å². The van der Waals surface area contributed by atoms with Gasteiger partial charge in [-0.15, -0.1) is 0 Å². The van der Waals surface area contributed by atoms with Crippen molar-refractivity contribution in [3.63, 3.8) is 0 Å². The number of hydrogen-bond acceptors (Lipinski definition) is 4. The van der Waals surface area contributed by atoms with Gasteiger partial charge in [0.25, 0.3) is 5.91 Å². The van der Waals surface area contributed by atoms with Gasteiger partial charge >= 0.3 is 0 Å². The number of anilines is 2. The lowest BCUT2D eigenvalue weighted by molar-refractivity contribution is 0.102. The fraction of sp³-hybridized carbons (Fsp3) is 0.235. The monoisotopic (exact) mass is 300 g/mol. The maximum Gasteiger partial charge on any atom is 0.255 e. The summed E-state index contributed by atoms with van der Waals surface area (Å²) in [5.41, 5.74) is 7.35. The van der Waals surface area contributed by atoms with Crippen LogP contribution < -0.4 is 20.5 Å². The van der Waals surface area contributed by atoms with E-state index in [0.29, 0.717) is 28.4 Å². The van der Waals surface area contributed by atoms with Gasteiger partial charge in [0.05, 0.1) is 18.9 Å². The first-order valence-electron chi connectivity index (χ1n) is 7.01. The summed E-state index contributed by atoms with van der Waals surface area (Å²) in [6, 6.07) is 12.1. The Labute approximate surface area is 130 Å². The molecular formula is C17H20N2O3. The van der Waals surface area contributed by atoms with Gasteiger partial charge in [-0.25, -0.2) is 0 Å². The average Bonchev–Trinajstić information content (AvgIpc) is 2.48. The van der Waals surface area contributed by atoms with Crippen molar-refractivity contribution in [2.75, 3.05) is 18.2 Å². The highest BCUT2D eigenvalue weighted by molar-refractivity contribution is 6.05. The highest BCUT2D eigenvalue weighted by Gasteiger charge is 2.11. The van der Waals surface area contributed by atoms with Crippen molar-refractivity contribution >= 4 is 17.3 Å². The molecule has 0 aromatic heterocycles. The number of hydrogen-bond donors (Lipinski definition) is 2.